The van der Waals surface area contributed by atoms with Gasteiger partial charge in [0.2, 0.25) is 0 Å². The number of aromatic nitrogens is 4. The van der Waals surface area contributed by atoms with Gasteiger partial charge in [-0.15, -0.1) is 11.3 Å². The van der Waals surface area contributed by atoms with E-state index >= 15 is 0 Å². The zero-order valence-corrected chi connectivity index (χ0v) is 32.0. The van der Waals surface area contributed by atoms with Crippen molar-refractivity contribution in [3.63, 3.8) is 0 Å². The maximum Gasteiger partial charge on any atom is 0.127 e. The smallest absolute Gasteiger partial charge is 0.127 e. The predicted molar refractivity (Wildman–Crippen MR) is 246 cm³/mol. The SMILES string of the molecule is c1ccc2c(-c3nc4ccccc4s3)c(-n3c4ccc(-n5c6ccccc6c6ccccc65)cc4c4cc(-n5c6ccccc6c6ccccc65)ccc43)ccc2c1. The summed E-state index contributed by atoms with van der Waals surface area (Å²) in [6, 6.07) is 70.8. The lowest BCUT2D eigenvalue weighted by Crippen LogP contribution is -1.99. The van der Waals surface area contributed by atoms with E-state index in [2.05, 4.69) is 208 Å². The van der Waals surface area contributed by atoms with Crippen molar-refractivity contribution in [1.82, 2.24) is 18.7 Å². The average molecular weight is 757 g/mol. The third-order valence-corrected chi connectivity index (χ3v) is 13.1. The van der Waals surface area contributed by atoms with Gasteiger partial charge in [-0.25, -0.2) is 4.98 Å². The maximum absolute atomic E-state index is 5.27. The minimum atomic E-state index is 1.02. The summed E-state index contributed by atoms with van der Waals surface area (Å²) in [5.41, 5.74) is 12.7. The van der Waals surface area contributed by atoms with Gasteiger partial charge in [-0.1, -0.05) is 115 Å². The van der Waals surface area contributed by atoms with Gasteiger partial charge < -0.3 is 13.7 Å². The van der Waals surface area contributed by atoms with E-state index in [0.29, 0.717) is 0 Å². The third-order valence-electron chi connectivity index (χ3n) is 12.1. The molecule has 0 N–H and O–H groups in total. The second kappa shape index (κ2) is 12.0. The Bertz CT molecular complexity index is 3510. The first-order valence-electron chi connectivity index (χ1n) is 19.7. The molecule has 0 radical (unpaired) electrons. The van der Waals surface area contributed by atoms with Crippen molar-refractivity contribution in [1.29, 1.82) is 0 Å². The number of hydrogen-bond donors (Lipinski definition) is 0. The molecular weight excluding hydrogens is 725 g/mol. The summed E-state index contributed by atoms with van der Waals surface area (Å²) >= 11 is 1.76. The zero-order chi connectivity index (χ0) is 37.9. The quantitative estimate of drug-likeness (QED) is 0.176. The van der Waals surface area contributed by atoms with Gasteiger partial charge >= 0.3 is 0 Å². The van der Waals surface area contributed by atoms with Crippen LogP contribution >= 0.6 is 11.3 Å². The van der Waals surface area contributed by atoms with Gasteiger partial charge in [0.25, 0.3) is 0 Å². The molecule has 0 aliphatic heterocycles. The zero-order valence-electron chi connectivity index (χ0n) is 31.2. The van der Waals surface area contributed by atoms with Crippen LogP contribution in [0.4, 0.5) is 0 Å². The first-order chi connectivity index (χ1) is 28.8. The maximum atomic E-state index is 5.27. The summed E-state index contributed by atoms with van der Waals surface area (Å²) in [5.74, 6) is 0. The molecule has 270 valence electrons. The lowest BCUT2D eigenvalue weighted by atomic mass is 10.0. The van der Waals surface area contributed by atoms with Gasteiger partial charge in [0, 0.05) is 49.3 Å². The molecule has 58 heavy (non-hydrogen) atoms. The molecule has 0 unspecified atom stereocenters. The normalized spacial score (nSPS) is 12.1. The Morgan fingerprint density at radius 2 is 0.793 bits per heavy atom. The fraction of sp³-hybridized carbons (Fsp3) is 0. The molecule has 13 aromatic rings. The molecule has 0 spiro atoms. The molecule has 13 rings (SSSR count). The molecule has 0 bridgehead atoms. The van der Waals surface area contributed by atoms with Crippen molar-refractivity contribution in [3.8, 4) is 27.6 Å². The highest BCUT2D eigenvalue weighted by Gasteiger charge is 2.22. The van der Waals surface area contributed by atoms with Crippen LogP contribution in [0.3, 0.4) is 0 Å². The van der Waals surface area contributed by atoms with E-state index in [9.17, 15) is 0 Å². The summed E-state index contributed by atoms with van der Waals surface area (Å²) in [4.78, 5) is 5.27. The van der Waals surface area contributed by atoms with E-state index < -0.39 is 0 Å². The predicted octanol–water partition coefficient (Wildman–Crippen LogP) is 14.4. The van der Waals surface area contributed by atoms with E-state index in [-0.39, 0.29) is 0 Å². The fourth-order valence-corrected chi connectivity index (χ4v) is 10.6. The molecule has 5 heteroatoms. The highest BCUT2D eigenvalue weighted by molar-refractivity contribution is 7.21. The number of fused-ring (bicyclic) bond motifs is 11. The molecule has 0 fully saturated rings. The van der Waals surface area contributed by atoms with E-state index in [1.807, 2.05) is 0 Å². The van der Waals surface area contributed by atoms with E-state index in [4.69, 9.17) is 4.98 Å². The summed E-state index contributed by atoms with van der Waals surface area (Å²) in [6.07, 6.45) is 0. The minimum absolute atomic E-state index is 1.02. The van der Waals surface area contributed by atoms with Crippen LogP contribution in [0.5, 0.6) is 0 Å². The highest BCUT2D eigenvalue weighted by atomic mass is 32.1. The number of para-hydroxylation sites is 5. The molecule has 9 aromatic carbocycles. The van der Waals surface area contributed by atoms with E-state index in [0.717, 1.165) is 44.2 Å². The van der Waals surface area contributed by atoms with Gasteiger partial charge in [0.15, 0.2) is 0 Å². The van der Waals surface area contributed by atoms with Gasteiger partial charge in [-0.3, -0.25) is 0 Å². The van der Waals surface area contributed by atoms with Crippen LogP contribution in [0.25, 0.3) is 114 Å². The summed E-state index contributed by atoms with van der Waals surface area (Å²) in [7, 11) is 0. The van der Waals surface area contributed by atoms with Crippen LogP contribution in [0.15, 0.2) is 194 Å². The Hall–Kier alpha value is -7.47. The van der Waals surface area contributed by atoms with Crippen LogP contribution in [0.2, 0.25) is 0 Å². The molecule has 0 saturated heterocycles. The van der Waals surface area contributed by atoms with E-state index in [1.54, 1.807) is 11.3 Å². The Labute approximate surface area is 336 Å². The Balaban J connectivity index is 1.15. The van der Waals surface area contributed by atoms with Gasteiger partial charge in [0.1, 0.15) is 5.01 Å². The Morgan fingerprint density at radius 1 is 0.345 bits per heavy atom. The largest absolute Gasteiger partial charge is 0.309 e. The topological polar surface area (TPSA) is 27.7 Å². The van der Waals surface area contributed by atoms with Crippen LogP contribution < -0.4 is 0 Å². The first-order valence-corrected chi connectivity index (χ1v) is 20.5. The molecule has 4 heterocycles. The van der Waals surface area contributed by atoms with Gasteiger partial charge in [-0.2, -0.15) is 0 Å². The van der Waals surface area contributed by atoms with Crippen molar-refractivity contribution >= 4 is 97.7 Å². The summed E-state index contributed by atoms with van der Waals surface area (Å²) in [5, 5.41) is 10.8. The average Bonchev–Trinajstić information content (AvgIpc) is 4.04. The minimum Gasteiger partial charge on any atom is -0.309 e. The molecule has 0 saturated carbocycles. The van der Waals surface area contributed by atoms with E-state index in [1.165, 1.54) is 69.9 Å². The summed E-state index contributed by atoms with van der Waals surface area (Å²) < 4.78 is 8.51. The fourth-order valence-electron chi connectivity index (χ4n) is 9.59. The highest BCUT2D eigenvalue weighted by Crippen LogP contribution is 2.44. The third kappa shape index (κ3) is 4.42. The van der Waals surface area contributed by atoms with Gasteiger partial charge in [0.05, 0.1) is 49.0 Å². The number of hydrogen-bond acceptors (Lipinski definition) is 2. The van der Waals surface area contributed by atoms with Crippen molar-refractivity contribution in [2.45, 2.75) is 0 Å². The Kier molecular flexibility index (Phi) is 6.57. The van der Waals surface area contributed by atoms with Crippen molar-refractivity contribution in [3.05, 3.63) is 194 Å². The van der Waals surface area contributed by atoms with Crippen molar-refractivity contribution in [2.75, 3.05) is 0 Å². The molecule has 4 nitrogen and oxygen atoms in total. The molecule has 0 aliphatic rings. The Morgan fingerprint density at radius 3 is 1.33 bits per heavy atom. The molecule has 0 aliphatic carbocycles. The first kappa shape index (κ1) is 31.7. The monoisotopic (exact) mass is 756 g/mol. The number of rotatable bonds is 4. The van der Waals surface area contributed by atoms with Gasteiger partial charge in [-0.05, 0) is 89.6 Å². The lowest BCUT2D eigenvalue weighted by molar-refractivity contribution is 1.16. The van der Waals surface area contributed by atoms with Crippen LogP contribution in [0.1, 0.15) is 0 Å². The van der Waals surface area contributed by atoms with Crippen molar-refractivity contribution in [2.24, 2.45) is 0 Å². The number of benzene rings is 9. The van der Waals surface area contributed by atoms with Crippen LogP contribution in [-0.2, 0) is 0 Å². The molecule has 4 aromatic heterocycles. The molecular formula is C53H32N4S. The van der Waals surface area contributed by atoms with Crippen molar-refractivity contribution < 1.29 is 0 Å². The standard InChI is InChI=1S/C53H32N4S/c1-2-14-36-33(13-1)25-28-50(52(36)53-54-43-19-7-12-24-51(43)58-53)57-48-29-26-34(55-44-20-8-3-15-37(44)38-16-4-9-21-45(38)55)31-41(48)42-32-35(27-30-49(42)57)56-46-22-10-5-17-39(46)40-18-6-11-23-47(40)56/h1-32H. The summed E-state index contributed by atoms with van der Waals surface area (Å²) in [6.45, 7) is 0. The number of thiazole rings is 1. The second-order valence-electron chi connectivity index (χ2n) is 15.1. The molecule has 0 atom stereocenters. The van der Waals surface area contributed by atoms with Crippen LogP contribution in [-0.4, -0.2) is 18.7 Å². The lowest BCUT2D eigenvalue weighted by Gasteiger charge is -2.16. The second-order valence-corrected chi connectivity index (χ2v) is 16.2. The molecule has 0 amide bonds. The number of nitrogens with zero attached hydrogens (tertiary/aromatic N) is 4. The van der Waals surface area contributed by atoms with Crippen LogP contribution in [0, 0.1) is 0 Å².